The Kier molecular flexibility index (Phi) is 2.70. The molecule has 16 heavy (non-hydrogen) atoms. The van der Waals surface area contributed by atoms with Gasteiger partial charge in [0.1, 0.15) is 0 Å². The lowest BCUT2D eigenvalue weighted by Crippen LogP contribution is -2.25. The minimum Gasteiger partial charge on any atom is -0.376 e. The molecule has 0 spiro atoms. The number of benzene rings is 1. The van der Waals surface area contributed by atoms with Crippen molar-refractivity contribution >= 4 is 0 Å². The molecular formula is C14H19NO. The lowest BCUT2D eigenvalue weighted by Gasteiger charge is -2.19. The molecule has 0 bridgehead atoms. The Balaban J connectivity index is 1.83. The molecule has 1 aromatic carbocycles. The predicted molar refractivity (Wildman–Crippen MR) is 64.4 cm³/mol. The average molecular weight is 217 g/mol. The van der Waals surface area contributed by atoms with Gasteiger partial charge in [-0.25, -0.2) is 0 Å². The molecule has 1 aromatic rings. The molecule has 2 heteroatoms. The van der Waals surface area contributed by atoms with Crippen molar-refractivity contribution in [3.05, 3.63) is 34.9 Å². The van der Waals surface area contributed by atoms with Gasteiger partial charge in [0.25, 0.3) is 0 Å². The van der Waals surface area contributed by atoms with Crippen LogP contribution in [0.3, 0.4) is 0 Å². The van der Waals surface area contributed by atoms with E-state index in [1.165, 1.54) is 36.0 Å². The Bertz CT molecular complexity index is 382. The molecule has 1 fully saturated rings. The third-order valence-electron chi connectivity index (χ3n) is 3.87. The van der Waals surface area contributed by atoms with Gasteiger partial charge in [0.15, 0.2) is 0 Å². The van der Waals surface area contributed by atoms with Gasteiger partial charge in [-0.1, -0.05) is 18.2 Å². The molecule has 2 aliphatic rings. The molecule has 86 valence electrons. The zero-order valence-electron chi connectivity index (χ0n) is 9.61. The number of fused-ring (bicyclic) bond motifs is 1. The lowest BCUT2D eigenvalue weighted by molar-refractivity contribution is 0.0900. The van der Waals surface area contributed by atoms with E-state index >= 15 is 0 Å². The van der Waals surface area contributed by atoms with Gasteiger partial charge in [-0.3, -0.25) is 0 Å². The molecule has 2 unspecified atom stereocenters. The van der Waals surface area contributed by atoms with Gasteiger partial charge in [0.2, 0.25) is 0 Å². The highest BCUT2D eigenvalue weighted by atomic mass is 16.5. The average Bonchev–Trinajstić information content (AvgIpc) is 2.98. The minimum atomic E-state index is 0.0633. The van der Waals surface area contributed by atoms with Crippen LogP contribution >= 0.6 is 0 Å². The first-order valence-electron chi connectivity index (χ1n) is 6.33. The summed E-state index contributed by atoms with van der Waals surface area (Å²) in [6.07, 6.45) is 6.27. The van der Waals surface area contributed by atoms with Gasteiger partial charge >= 0.3 is 0 Å². The molecule has 2 atom stereocenters. The number of hydrogen-bond acceptors (Lipinski definition) is 2. The zero-order chi connectivity index (χ0) is 11.0. The van der Waals surface area contributed by atoms with Crippen molar-refractivity contribution in [3.8, 4) is 0 Å². The molecule has 1 aliphatic carbocycles. The Hall–Kier alpha value is -0.860. The van der Waals surface area contributed by atoms with Crippen LogP contribution in [0.25, 0.3) is 0 Å². The van der Waals surface area contributed by atoms with Crippen LogP contribution in [0.1, 0.15) is 42.0 Å². The largest absolute Gasteiger partial charge is 0.376 e. The molecule has 0 amide bonds. The maximum atomic E-state index is 6.27. The van der Waals surface area contributed by atoms with E-state index in [0.29, 0.717) is 0 Å². The normalized spacial score (nSPS) is 25.7. The first-order chi connectivity index (χ1) is 7.84. The number of hydrogen-bond donors (Lipinski definition) is 1. The van der Waals surface area contributed by atoms with Crippen LogP contribution in [-0.4, -0.2) is 12.7 Å². The molecule has 3 rings (SSSR count). The van der Waals surface area contributed by atoms with Gasteiger partial charge in [-0.15, -0.1) is 0 Å². The fourth-order valence-electron chi connectivity index (χ4n) is 2.90. The van der Waals surface area contributed by atoms with Gasteiger partial charge in [0.05, 0.1) is 12.1 Å². The Morgan fingerprint density at radius 1 is 1.19 bits per heavy atom. The van der Waals surface area contributed by atoms with E-state index in [-0.39, 0.29) is 12.1 Å². The summed E-state index contributed by atoms with van der Waals surface area (Å²) in [5, 5.41) is 0. The second kappa shape index (κ2) is 4.19. The second-order valence-corrected chi connectivity index (χ2v) is 4.96. The van der Waals surface area contributed by atoms with Crippen LogP contribution in [0, 0.1) is 0 Å². The SMILES string of the molecule is NC(c1ccc2c(c1)CCC2)C1CCCO1. The monoisotopic (exact) mass is 217 g/mol. The first-order valence-corrected chi connectivity index (χ1v) is 6.33. The van der Waals surface area contributed by atoms with Gasteiger partial charge in [0, 0.05) is 6.61 Å². The van der Waals surface area contributed by atoms with Gasteiger partial charge in [-0.05, 0) is 48.8 Å². The van der Waals surface area contributed by atoms with Crippen LogP contribution in [0.15, 0.2) is 18.2 Å². The van der Waals surface area contributed by atoms with Crippen LogP contribution < -0.4 is 5.73 Å². The molecule has 1 saturated heterocycles. The summed E-state index contributed by atoms with van der Waals surface area (Å²) in [6.45, 7) is 0.878. The zero-order valence-corrected chi connectivity index (χ0v) is 9.61. The van der Waals surface area contributed by atoms with E-state index in [0.717, 1.165) is 19.4 Å². The summed E-state index contributed by atoms with van der Waals surface area (Å²) in [5.41, 5.74) is 10.5. The first kappa shape index (κ1) is 10.3. The van der Waals surface area contributed by atoms with Gasteiger partial charge in [-0.2, -0.15) is 0 Å². The molecule has 0 saturated carbocycles. The van der Waals surface area contributed by atoms with Crippen LogP contribution in [0.5, 0.6) is 0 Å². The quantitative estimate of drug-likeness (QED) is 0.825. The summed E-state index contributed by atoms with van der Waals surface area (Å²) >= 11 is 0. The fourth-order valence-corrected chi connectivity index (χ4v) is 2.90. The van der Waals surface area contributed by atoms with Crippen molar-refractivity contribution in [2.75, 3.05) is 6.61 Å². The standard InChI is InChI=1S/C14H19NO/c15-14(13-5-2-8-16-13)12-7-6-10-3-1-4-11(10)9-12/h6-7,9,13-14H,1-5,8,15H2. The van der Waals surface area contributed by atoms with E-state index in [1.54, 1.807) is 0 Å². The third-order valence-corrected chi connectivity index (χ3v) is 3.87. The summed E-state index contributed by atoms with van der Waals surface area (Å²) in [4.78, 5) is 0. The summed E-state index contributed by atoms with van der Waals surface area (Å²) in [7, 11) is 0. The van der Waals surface area contributed by atoms with Crippen LogP contribution in [0.2, 0.25) is 0 Å². The van der Waals surface area contributed by atoms with E-state index in [2.05, 4.69) is 18.2 Å². The topological polar surface area (TPSA) is 35.2 Å². The smallest absolute Gasteiger partial charge is 0.0768 e. The Morgan fingerprint density at radius 3 is 2.88 bits per heavy atom. The summed E-state index contributed by atoms with van der Waals surface area (Å²) in [5.74, 6) is 0. The van der Waals surface area contributed by atoms with Crippen LogP contribution in [0.4, 0.5) is 0 Å². The van der Waals surface area contributed by atoms with Crippen molar-refractivity contribution in [1.82, 2.24) is 0 Å². The fraction of sp³-hybridized carbons (Fsp3) is 0.571. The van der Waals surface area contributed by atoms with Crippen molar-refractivity contribution in [1.29, 1.82) is 0 Å². The molecule has 2 nitrogen and oxygen atoms in total. The van der Waals surface area contributed by atoms with E-state index in [1.807, 2.05) is 0 Å². The van der Waals surface area contributed by atoms with E-state index in [9.17, 15) is 0 Å². The molecule has 0 radical (unpaired) electrons. The minimum absolute atomic E-state index is 0.0633. The molecule has 1 heterocycles. The lowest BCUT2D eigenvalue weighted by atomic mass is 9.97. The van der Waals surface area contributed by atoms with E-state index < -0.39 is 0 Å². The van der Waals surface area contributed by atoms with Crippen LogP contribution in [-0.2, 0) is 17.6 Å². The predicted octanol–water partition coefficient (Wildman–Crippen LogP) is 2.35. The maximum Gasteiger partial charge on any atom is 0.0768 e. The highest BCUT2D eigenvalue weighted by Gasteiger charge is 2.25. The van der Waals surface area contributed by atoms with Crippen molar-refractivity contribution < 1.29 is 4.74 Å². The number of rotatable bonds is 2. The van der Waals surface area contributed by atoms with Crippen molar-refractivity contribution in [2.45, 2.75) is 44.2 Å². The highest BCUT2D eigenvalue weighted by molar-refractivity contribution is 5.36. The van der Waals surface area contributed by atoms with Crippen molar-refractivity contribution in [2.24, 2.45) is 5.73 Å². The number of aryl methyl sites for hydroxylation is 2. The molecule has 1 aliphatic heterocycles. The second-order valence-electron chi connectivity index (χ2n) is 4.96. The summed E-state index contributed by atoms with van der Waals surface area (Å²) in [6, 6.07) is 6.81. The molecular weight excluding hydrogens is 198 g/mol. The number of ether oxygens (including phenoxy) is 1. The molecule has 2 N–H and O–H groups in total. The maximum absolute atomic E-state index is 6.27. The summed E-state index contributed by atoms with van der Waals surface area (Å²) < 4.78 is 5.66. The Labute approximate surface area is 96.8 Å². The highest BCUT2D eigenvalue weighted by Crippen LogP contribution is 2.29. The molecule has 0 aromatic heterocycles. The Morgan fingerprint density at radius 2 is 2.06 bits per heavy atom. The van der Waals surface area contributed by atoms with Gasteiger partial charge < -0.3 is 10.5 Å². The third kappa shape index (κ3) is 1.76. The number of nitrogens with two attached hydrogens (primary N) is 1. The van der Waals surface area contributed by atoms with Crippen molar-refractivity contribution in [3.63, 3.8) is 0 Å². The van der Waals surface area contributed by atoms with E-state index in [4.69, 9.17) is 10.5 Å².